The van der Waals surface area contributed by atoms with Crippen molar-refractivity contribution in [3.8, 4) is 44.5 Å². The van der Waals surface area contributed by atoms with Crippen molar-refractivity contribution in [2.75, 3.05) is 0 Å². The molecule has 0 saturated carbocycles. The van der Waals surface area contributed by atoms with Crippen molar-refractivity contribution >= 4 is 0 Å². The van der Waals surface area contributed by atoms with Crippen LogP contribution in [0.2, 0.25) is 0 Å². The zero-order chi connectivity index (χ0) is 24.8. The highest BCUT2D eigenvalue weighted by Crippen LogP contribution is 2.62. The summed E-state index contributed by atoms with van der Waals surface area (Å²) in [7, 11) is 0. The summed E-state index contributed by atoms with van der Waals surface area (Å²) in [6.07, 6.45) is 2.98. The Kier molecular flexibility index (Phi) is 3.84. The molecule has 0 amide bonds. The van der Waals surface area contributed by atoms with E-state index in [-0.39, 0.29) is 5.41 Å². The lowest BCUT2D eigenvalue weighted by Crippen LogP contribution is -2.26. The summed E-state index contributed by atoms with van der Waals surface area (Å²) in [5.41, 5.74) is 18.0. The van der Waals surface area contributed by atoms with Crippen LogP contribution < -0.4 is 0 Å². The van der Waals surface area contributed by atoms with Crippen LogP contribution in [-0.2, 0) is 11.8 Å². The lowest BCUT2D eigenvalue weighted by atomic mass is 9.72. The first-order chi connectivity index (χ1) is 18.8. The van der Waals surface area contributed by atoms with Gasteiger partial charge in [-0.05, 0) is 91.4 Å². The van der Waals surface area contributed by atoms with Crippen LogP contribution in [0.1, 0.15) is 33.5 Å². The van der Waals surface area contributed by atoms with Crippen molar-refractivity contribution < 1.29 is 0 Å². The Balaban J connectivity index is 1.30. The van der Waals surface area contributed by atoms with Gasteiger partial charge in [0.25, 0.3) is 0 Å². The van der Waals surface area contributed by atoms with Crippen LogP contribution >= 0.6 is 0 Å². The summed E-state index contributed by atoms with van der Waals surface area (Å²) >= 11 is 0. The van der Waals surface area contributed by atoms with Gasteiger partial charge in [0.05, 0.1) is 11.1 Å². The van der Waals surface area contributed by atoms with Crippen molar-refractivity contribution in [3.05, 3.63) is 161 Å². The topological polar surface area (TPSA) is 12.9 Å². The average Bonchev–Trinajstić information content (AvgIpc) is 3.60. The normalized spacial score (nSPS) is 14.4. The molecule has 0 aliphatic heterocycles. The van der Waals surface area contributed by atoms with E-state index in [0.717, 1.165) is 12.1 Å². The van der Waals surface area contributed by atoms with Gasteiger partial charge in [0.1, 0.15) is 0 Å². The van der Waals surface area contributed by atoms with Crippen molar-refractivity contribution in [2.24, 2.45) is 0 Å². The van der Waals surface area contributed by atoms with E-state index in [4.69, 9.17) is 4.98 Å². The van der Waals surface area contributed by atoms with Crippen LogP contribution in [0.25, 0.3) is 44.5 Å². The number of hydrogen-bond donors (Lipinski definition) is 0. The number of hydrogen-bond acceptors (Lipinski definition) is 1. The molecule has 0 bridgehead atoms. The van der Waals surface area contributed by atoms with Crippen molar-refractivity contribution in [1.29, 1.82) is 0 Å². The first-order valence-corrected chi connectivity index (χ1v) is 13.4. The lowest BCUT2D eigenvalue weighted by Gasteiger charge is -2.29. The summed E-state index contributed by atoms with van der Waals surface area (Å²) in [6, 6.07) is 45.0. The number of benzene rings is 5. The van der Waals surface area contributed by atoms with Gasteiger partial charge in [0.2, 0.25) is 0 Å². The van der Waals surface area contributed by atoms with E-state index in [9.17, 15) is 0 Å². The van der Waals surface area contributed by atoms with E-state index in [1.165, 1.54) is 72.3 Å². The summed E-state index contributed by atoms with van der Waals surface area (Å²) in [4.78, 5) is 5.08. The Hall–Kier alpha value is -4.75. The van der Waals surface area contributed by atoms with Crippen LogP contribution in [0, 0.1) is 0 Å². The summed E-state index contributed by atoms with van der Waals surface area (Å²) in [5.74, 6) is 0. The fraction of sp³-hybridized carbons (Fsp3) is 0.0541. The highest BCUT2D eigenvalue weighted by Gasteiger charge is 2.52. The monoisotopic (exact) mass is 481 g/mol. The summed E-state index contributed by atoms with van der Waals surface area (Å²) in [6.45, 7) is 0. The molecule has 0 radical (unpaired) electrons. The molecule has 0 atom stereocenters. The maximum atomic E-state index is 5.08. The molecule has 5 aromatic carbocycles. The molecule has 0 saturated heterocycles. The van der Waals surface area contributed by atoms with Gasteiger partial charge < -0.3 is 0 Å². The summed E-state index contributed by atoms with van der Waals surface area (Å²) < 4.78 is 0. The van der Waals surface area contributed by atoms with Gasteiger partial charge in [0, 0.05) is 11.8 Å². The Labute approximate surface area is 222 Å². The standard InChI is InChI=1S/C37H23N/c1-2-9-27-25(8-1)20-26-16-15-23(21-31(26)27)24-17-18-35-32(22-24)30-12-7-19-38-36(30)37(35)33-13-5-3-10-28(33)29-11-4-6-14-34(29)37/h1-19,21-22H,20H2. The molecule has 0 N–H and O–H groups in total. The number of pyridine rings is 1. The zero-order valence-corrected chi connectivity index (χ0v) is 20.8. The molecule has 0 fully saturated rings. The number of nitrogens with zero attached hydrogens (tertiary/aromatic N) is 1. The fourth-order valence-electron chi connectivity index (χ4n) is 7.41. The molecule has 6 aromatic rings. The lowest BCUT2D eigenvalue weighted by molar-refractivity contribution is 0.760. The maximum absolute atomic E-state index is 5.08. The molecular weight excluding hydrogens is 458 g/mol. The van der Waals surface area contributed by atoms with E-state index in [1.54, 1.807) is 0 Å². The second-order valence-electron chi connectivity index (χ2n) is 10.7. The zero-order valence-electron chi connectivity index (χ0n) is 20.8. The smallest absolute Gasteiger partial charge is 0.0898 e. The minimum Gasteiger partial charge on any atom is -0.259 e. The van der Waals surface area contributed by atoms with Gasteiger partial charge >= 0.3 is 0 Å². The highest BCUT2D eigenvalue weighted by molar-refractivity contribution is 5.95. The number of aromatic nitrogens is 1. The Morgan fingerprint density at radius 2 is 1.03 bits per heavy atom. The maximum Gasteiger partial charge on any atom is 0.0898 e. The van der Waals surface area contributed by atoms with Crippen LogP contribution in [-0.4, -0.2) is 4.98 Å². The van der Waals surface area contributed by atoms with Crippen LogP contribution in [0.15, 0.2) is 128 Å². The van der Waals surface area contributed by atoms with Gasteiger partial charge in [-0.2, -0.15) is 0 Å². The van der Waals surface area contributed by atoms with Crippen molar-refractivity contribution in [1.82, 2.24) is 4.98 Å². The van der Waals surface area contributed by atoms with Gasteiger partial charge in [-0.15, -0.1) is 0 Å². The van der Waals surface area contributed by atoms with Crippen LogP contribution in [0.3, 0.4) is 0 Å². The molecule has 3 aliphatic carbocycles. The first-order valence-electron chi connectivity index (χ1n) is 13.4. The highest BCUT2D eigenvalue weighted by atomic mass is 14.7. The molecular formula is C37H23N. The number of fused-ring (bicyclic) bond motifs is 13. The molecule has 1 aromatic heterocycles. The first kappa shape index (κ1) is 20.3. The van der Waals surface area contributed by atoms with Gasteiger partial charge in [-0.1, -0.05) is 103 Å². The largest absolute Gasteiger partial charge is 0.259 e. The second-order valence-corrected chi connectivity index (χ2v) is 10.7. The van der Waals surface area contributed by atoms with Gasteiger partial charge in [-0.3, -0.25) is 4.98 Å². The third-order valence-corrected chi connectivity index (χ3v) is 8.96. The van der Waals surface area contributed by atoms with Crippen molar-refractivity contribution in [3.63, 3.8) is 0 Å². The number of rotatable bonds is 1. The molecule has 9 rings (SSSR count). The van der Waals surface area contributed by atoms with Gasteiger partial charge in [-0.25, -0.2) is 0 Å². The molecule has 1 heteroatoms. The minimum absolute atomic E-state index is 0.380. The molecule has 0 unspecified atom stereocenters. The average molecular weight is 482 g/mol. The SMILES string of the molecule is c1ccc2c(c1)Cc1ccc(-c3ccc4c(c3)-c3cccnc3C43c4ccccc4-c4ccccc43)cc1-2. The van der Waals surface area contributed by atoms with E-state index >= 15 is 0 Å². The van der Waals surface area contributed by atoms with Crippen LogP contribution in [0.4, 0.5) is 0 Å². The van der Waals surface area contributed by atoms with E-state index in [1.807, 2.05) is 6.20 Å². The Morgan fingerprint density at radius 1 is 0.447 bits per heavy atom. The predicted molar refractivity (Wildman–Crippen MR) is 154 cm³/mol. The fourth-order valence-corrected chi connectivity index (χ4v) is 7.41. The summed E-state index contributed by atoms with van der Waals surface area (Å²) in [5, 5.41) is 0. The third kappa shape index (κ3) is 2.40. The molecule has 1 heterocycles. The third-order valence-electron chi connectivity index (χ3n) is 8.96. The van der Waals surface area contributed by atoms with E-state index < -0.39 is 0 Å². The van der Waals surface area contributed by atoms with Crippen molar-refractivity contribution in [2.45, 2.75) is 11.8 Å². The van der Waals surface area contributed by atoms with Crippen LogP contribution in [0.5, 0.6) is 0 Å². The van der Waals surface area contributed by atoms with Gasteiger partial charge in [0.15, 0.2) is 0 Å². The van der Waals surface area contributed by atoms with E-state index in [2.05, 4.69) is 121 Å². The molecule has 38 heavy (non-hydrogen) atoms. The second kappa shape index (κ2) is 7.18. The quantitative estimate of drug-likeness (QED) is 0.229. The minimum atomic E-state index is -0.380. The molecule has 176 valence electrons. The molecule has 1 spiro atoms. The molecule has 3 aliphatic rings. The van der Waals surface area contributed by atoms with E-state index in [0.29, 0.717) is 0 Å². The predicted octanol–water partition coefficient (Wildman–Crippen LogP) is 8.66. The Bertz CT molecular complexity index is 1920. The molecule has 1 nitrogen and oxygen atoms in total. The Morgan fingerprint density at radius 3 is 1.82 bits per heavy atom.